The van der Waals surface area contributed by atoms with E-state index in [0.29, 0.717) is 18.2 Å². The van der Waals surface area contributed by atoms with E-state index < -0.39 is 0 Å². The van der Waals surface area contributed by atoms with E-state index in [1.54, 1.807) is 0 Å². The van der Waals surface area contributed by atoms with Crippen LogP contribution in [0.2, 0.25) is 5.02 Å². The highest BCUT2D eigenvalue weighted by molar-refractivity contribution is 6.32. The fraction of sp³-hybridized carbons (Fsp3) is 0.625. The molecule has 1 aromatic rings. The van der Waals surface area contributed by atoms with Gasteiger partial charge in [-0.3, -0.25) is 9.80 Å². The molecule has 1 aliphatic heterocycles. The topological polar surface area (TPSA) is 45.2 Å². The molecule has 0 aromatic heterocycles. The number of rotatable bonds is 8. The van der Waals surface area contributed by atoms with Crippen molar-refractivity contribution in [3.8, 4) is 5.75 Å². The van der Waals surface area contributed by atoms with Crippen LogP contribution in [0.3, 0.4) is 0 Å². The number of ether oxygens (including phenoxy) is 2. The van der Waals surface area contributed by atoms with Crippen molar-refractivity contribution < 1.29 is 14.6 Å². The molecule has 5 nitrogen and oxygen atoms in total. The van der Waals surface area contributed by atoms with E-state index in [4.69, 9.17) is 26.2 Å². The van der Waals surface area contributed by atoms with Gasteiger partial charge in [0.25, 0.3) is 0 Å². The molecule has 1 saturated heterocycles. The van der Waals surface area contributed by atoms with Crippen molar-refractivity contribution in [2.45, 2.75) is 6.54 Å². The van der Waals surface area contributed by atoms with Gasteiger partial charge in [0, 0.05) is 32.7 Å². The van der Waals surface area contributed by atoms with Gasteiger partial charge in [-0.2, -0.15) is 0 Å². The normalized spacial score (nSPS) is 16.2. The third-order valence-electron chi connectivity index (χ3n) is 3.70. The largest absolute Gasteiger partial charge is 0.491 e. The van der Waals surface area contributed by atoms with E-state index in [2.05, 4.69) is 4.90 Å². The molecule has 1 fully saturated rings. The molecule has 22 heavy (non-hydrogen) atoms. The van der Waals surface area contributed by atoms with Gasteiger partial charge in [-0.25, -0.2) is 0 Å². The summed E-state index contributed by atoms with van der Waals surface area (Å²) in [6, 6.07) is 5.87. The molecule has 0 amide bonds. The van der Waals surface area contributed by atoms with Crippen LogP contribution in [0.5, 0.6) is 5.75 Å². The van der Waals surface area contributed by atoms with Crippen LogP contribution in [-0.2, 0) is 11.3 Å². The van der Waals surface area contributed by atoms with Gasteiger partial charge in [0.1, 0.15) is 12.4 Å². The van der Waals surface area contributed by atoms with E-state index >= 15 is 0 Å². The summed E-state index contributed by atoms with van der Waals surface area (Å²) in [7, 11) is 1.97. The zero-order chi connectivity index (χ0) is 15.8. The molecule has 0 unspecified atom stereocenters. The zero-order valence-corrected chi connectivity index (χ0v) is 13.9. The van der Waals surface area contributed by atoms with Crippen LogP contribution < -0.4 is 4.74 Å². The Morgan fingerprint density at radius 2 is 2.14 bits per heavy atom. The molecule has 1 heterocycles. The SMILES string of the molecule is CN(CCO)Cc1ccc(OCCN2CCOCC2)c(Cl)c1. The van der Waals surface area contributed by atoms with E-state index in [-0.39, 0.29) is 6.61 Å². The minimum Gasteiger partial charge on any atom is -0.491 e. The van der Waals surface area contributed by atoms with Gasteiger partial charge in [-0.1, -0.05) is 17.7 Å². The molecule has 2 rings (SSSR count). The second-order valence-corrected chi connectivity index (χ2v) is 5.94. The number of hydrogen-bond donors (Lipinski definition) is 1. The Hall–Kier alpha value is -0.850. The fourth-order valence-corrected chi connectivity index (χ4v) is 2.69. The van der Waals surface area contributed by atoms with Crippen LogP contribution in [0.4, 0.5) is 0 Å². The third-order valence-corrected chi connectivity index (χ3v) is 3.99. The van der Waals surface area contributed by atoms with Crippen molar-refractivity contribution in [3.63, 3.8) is 0 Å². The predicted molar refractivity (Wildman–Crippen MR) is 87.6 cm³/mol. The van der Waals surface area contributed by atoms with Gasteiger partial charge >= 0.3 is 0 Å². The molecular formula is C16H25ClN2O3. The molecule has 1 N–H and O–H groups in total. The average molecular weight is 329 g/mol. The highest BCUT2D eigenvalue weighted by atomic mass is 35.5. The standard InChI is InChI=1S/C16H25ClN2O3/c1-18(4-8-20)13-14-2-3-16(15(17)12-14)22-11-7-19-5-9-21-10-6-19/h2-3,12,20H,4-11,13H2,1H3. The van der Waals surface area contributed by atoms with Gasteiger partial charge in [0.2, 0.25) is 0 Å². The zero-order valence-electron chi connectivity index (χ0n) is 13.1. The van der Waals surface area contributed by atoms with Crippen molar-refractivity contribution >= 4 is 11.6 Å². The fourth-order valence-electron chi connectivity index (χ4n) is 2.43. The first-order valence-electron chi connectivity index (χ1n) is 7.70. The van der Waals surface area contributed by atoms with Crippen LogP contribution in [0.25, 0.3) is 0 Å². The number of aliphatic hydroxyl groups excluding tert-OH is 1. The molecule has 0 saturated carbocycles. The maximum Gasteiger partial charge on any atom is 0.137 e. The van der Waals surface area contributed by atoms with Crippen molar-refractivity contribution in [1.82, 2.24) is 9.80 Å². The summed E-state index contributed by atoms with van der Waals surface area (Å²) in [6.45, 7) is 6.62. The number of nitrogens with zero attached hydrogens (tertiary/aromatic N) is 2. The molecule has 0 radical (unpaired) electrons. The van der Waals surface area contributed by atoms with E-state index in [1.807, 2.05) is 30.1 Å². The first-order valence-corrected chi connectivity index (χ1v) is 8.07. The van der Waals surface area contributed by atoms with Crippen LogP contribution in [0, 0.1) is 0 Å². The smallest absolute Gasteiger partial charge is 0.137 e. The van der Waals surface area contributed by atoms with Crippen LogP contribution in [0.1, 0.15) is 5.56 Å². The summed E-state index contributed by atoms with van der Waals surface area (Å²) < 4.78 is 11.1. The first kappa shape index (κ1) is 17.5. The molecule has 124 valence electrons. The number of likely N-dealkylation sites (N-methyl/N-ethyl adjacent to an activating group) is 1. The Balaban J connectivity index is 1.79. The molecule has 6 heteroatoms. The summed E-state index contributed by atoms with van der Waals surface area (Å²) in [6.07, 6.45) is 0. The molecule has 0 atom stereocenters. The minimum atomic E-state index is 0.160. The summed E-state index contributed by atoms with van der Waals surface area (Å²) in [4.78, 5) is 4.38. The summed E-state index contributed by atoms with van der Waals surface area (Å²) >= 11 is 6.28. The Kier molecular flexibility index (Phi) is 7.42. The second-order valence-electron chi connectivity index (χ2n) is 5.53. The Morgan fingerprint density at radius 1 is 1.36 bits per heavy atom. The summed E-state index contributed by atoms with van der Waals surface area (Å²) in [5.41, 5.74) is 1.11. The Morgan fingerprint density at radius 3 is 2.82 bits per heavy atom. The quantitative estimate of drug-likeness (QED) is 0.783. The number of benzene rings is 1. The number of morpholine rings is 1. The van der Waals surface area contributed by atoms with Crippen molar-refractivity contribution in [2.75, 3.05) is 59.7 Å². The lowest BCUT2D eigenvalue weighted by Crippen LogP contribution is -2.38. The third kappa shape index (κ3) is 5.74. The number of halogens is 1. The van der Waals surface area contributed by atoms with Gasteiger partial charge in [-0.15, -0.1) is 0 Å². The van der Waals surface area contributed by atoms with Gasteiger partial charge in [-0.05, 0) is 24.7 Å². The van der Waals surface area contributed by atoms with Crippen LogP contribution >= 0.6 is 11.6 Å². The molecule has 1 aromatic carbocycles. The van der Waals surface area contributed by atoms with Gasteiger partial charge in [0.05, 0.1) is 24.8 Å². The maximum absolute atomic E-state index is 8.92. The molecular weight excluding hydrogens is 304 g/mol. The lowest BCUT2D eigenvalue weighted by molar-refractivity contribution is 0.0322. The number of hydrogen-bond acceptors (Lipinski definition) is 5. The Bertz CT molecular complexity index is 453. The molecule has 0 spiro atoms. The Labute approximate surface area is 137 Å². The van der Waals surface area contributed by atoms with Crippen LogP contribution in [-0.4, -0.2) is 74.6 Å². The monoisotopic (exact) mass is 328 g/mol. The van der Waals surface area contributed by atoms with E-state index in [1.165, 1.54) is 0 Å². The molecule has 0 aliphatic carbocycles. The lowest BCUT2D eigenvalue weighted by Gasteiger charge is -2.26. The summed E-state index contributed by atoms with van der Waals surface area (Å²) in [5.74, 6) is 0.725. The molecule has 1 aliphatic rings. The van der Waals surface area contributed by atoms with E-state index in [9.17, 15) is 0 Å². The predicted octanol–water partition coefficient (Wildman–Crippen LogP) is 1.48. The highest BCUT2D eigenvalue weighted by Gasteiger charge is 2.10. The van der Waals surface area contributed by atoms with Crippen molar-refractivity contribution in [3.05, 3.63) is 28.8 Å². The second kappa shape index (κ2) is 9.33. The highest BCUT2D eigenvalue weighted by Crippen LogP contribution is 2.26. The first-order chi connectivity index (χ1) is 10.7. The maximum atomic E-state index is 8.92. The van der Waals surface area contributed by atoms with Gasteiger partial charge in [0.15, 0.2) is 0 Å². The van der Waals surface area contributed by atoms with Crippen molar-refractivity contribution in [2.24, 2.45) is 0 Å². The lowest BCUT2D eigenvalue weighted by atomic mass is 10.2. The minimum absolute atomic E-state index is 0.160. The van der Waals surface area contributed by atoms with Gasteiger partial charge < -0.3 is 14.6 Å². The number of aliphatic hydroxyl groups is 1. The van der Waals surface area contributed by atoms with E-state index in [0.717, 1.165) is 50.7 Å². The van der Waals surface area contributed by atoms with Crippen molar-refractivity contribution in [1.29, 1.82) is 0 Å². The summed E-state index contributed by atoms with van der Waals surface area (Å²) in [5, 5.41) is 9.55. The van der Waals surface area contributed by atoms with Crippen LogP contribution in [0.15, 0.2) is 18.2 Å². The average Bonchev–Trinajstić information content (AvgIpc) is 2.51. The molecule has 0 bridgehead atoms.